The normalized spacial score (nSPS) is 21.5. The third kappa shape index (κ3) is 7.97. The lowest BCUT2D eigenvalue weighted by molar-refractivity contribution is -0.133. The first-order valence-corrected chi connectivity index (χ1v) is 13.1. The van der Waals surface area contributed by atoms with E-state index >= 15 is 0 Å². The van der Waals surface area contributed by atoms with Crippen LogP contribution in [0.2, 0.25) is 0 Å². The standard InChI is InChI=1S/C29H40N2O4/c1-24-7-11-27(12-8-24)35-23-29(33)15-4-17-30(20-16-29)22-25-9-13-26(14-10-25)34-21-5-19-31-18-3-2-6-28(31)32/h7-14,33H,2-6,15-23H2,1H3/t29-/m1/s1. The summed E-state index contributed by atoms with van der Waals surface area (Å²) in [5.74, 6) is 1.97. The van der Waals surface area contributed by atoms with Crippen LogP contribution in [0, 0.1) is 6.92 Å². The number of aryl methyl sites for hydroxylation is 1. The molecule has 0 unspecified atom stereocenters. The quantitative estimate of drug-likeness (QED) is 0.505. The van der Waals surface area contributed by atoms with Gasteiger partial charge in [-0.1, -0.05) is 29.8 Å². The number of hydrogen-bond acceptors (Lipinski definition) is 5. The summed E-state index contributed by atoms with van der Waals surface area (Å²) in [5, 5.41) is 11.1. The van der Waals surface area contributed by atoms with Crippen LogP contribution in [0.25, 0.3) is 0 Å². The maximum absolute atomic E-state index is 11.9. The molecule has 2 saturated heterocycles. The summed E-state index contributed by atoms with van der Waals surface area (Å²) < 4.78 is 11.8. The third-order valence-electron chi connectivity index (χ3n) is 7.13. The number of benzene rings is 2. The smallest absolute Gasteiger partial charge is 0.222 e. The Kier molecular flexibility index (Phi) is 9.05. The summed E-state index contributed by atoms with van der Waals surface area (Å²) in [7, 11) is 0. The minimum atomic E-state index is -0.782. The van der Waals surface area contributed by atoms with Gasteiger partial charge in [0, 0.05) is 32.6 Å². The third-order valence-corrected chi connectivity index (χ3v) is 7.13. The van der Waals surface area contributed by atoms with Crippen molar-refractivity contribution in [1.82, 2.24) is 9.80 Å². The van der Waals surface area contributed by atoms with E-state index in [9.17, 15) is 9.90 Å². The molecule has 6 nitrogen and oxygen atoms in total. The van der Waals surface area contributed by atoms with Crippen LogP contribution in [0.5, 0.6) is 11.5 Å². The van der Waals surface area contributed by atoms with Crippen LogP contribution in [0.15, 0.2) is 48.5 Å². The predicted molar refractivity (Wildman–Crippen MR) is 138 cm³/mol. The maximum atomic E-state index is 11.9. The highest BCUT2D eigenvalue weighted by Crippen LogP contribution is 2.25. The fourth-order valence-electron chi connectivity index (χ4n) is 4.88. The molecule has 4 rings (SSSR count). The van der Waals surface area contributed by atoms with Gasteiger partial charge < -0.3 is 19.5 Å². The molecule has 2 fully saturated rings. The van der Waals surface area contributed by atoms with E-state index in [-0.39, 0.29) is 5.91 Å². The van der Waals surface area contributed by atoms with E-state index < -0.39 is 5.60 Å². The Labute approximate surface area is 209 Å². The molecule has 2 aliphatic heterocycles. The van der Waals surface area contributed by atoms with Crippen molar-refractivity contribution in [3.8, 4) is 11.5 Å². The molecule has 1 amide bonds. The van der Waals surface area contributed by atoms with Gasteiger partial charge in [0.25, 0.3) is 0 Å². The highest BCUT2D eigenvalue weighted by Gasteiger charge is 2.31. The van der Waals surface area contributed by atoms with Crippen molar-refractivity contribution in [3.63, 3.8) is 0 Å². The average molecular weight is 481 g/mol. The van der Waals surface area contributed by atoms with E-state index in [0.717, 1.165) is 76.3 Å². The molecule has 190 valence electrons. The first-order chi connectivity index (χ1) is 17.0. The Morgan fingerprint density at radius 1 is 0.886 bits per heavy atom. The van der Waals surface area contributed by atoms with Gasteiger partial charge in [-0.3, -0.25) is 9.69 Å². The number of nitrogens with zero attached hydrogens (tertiary/aromatic N) is 2. The van der Waals surface area contributed by atoms with E-state index in [4.69, 9.17) is 9.47 Å². The lowest BCUT2D eigenvalue weighted by Crippen LogP contribution is -2.37. The van der Waals surface area contributed by atoms with Crippen LogP contribution >= 0.6 is 0 Å². The van der Waals surface area contributed by atoms with Gasteiger partial charge >= 0.3 is 0 Å². The van der Waals surface area contributed by atoms with Crippen molar-refractivity contribution >= 4 is 5.91 Å². The minimum Gasteiger partial charge on any atom is -0.494 e. The second kappa shape index (κ2) is 12.4. The average Bonchev–Trinajstić information content (AvgIpc) is 3.05. The lowest BCUT2D eigenvalue weighted by Gasteiger charge is -2.27. The molecule has 2 aromatic carbocycles. The number of amides is 1. The van der Waals surface area contributed by atoms with E-state index in [1.54, 1.807) is 0 Å². The number of rotatable bonds is 10. The van der Waals surface area contributed by atoms with E-state index in [2.05, 4.69) is 24.0 Å². The number of hydrogen-bond donors (Lipinski definition) is 1. The van der Waals surface area contributed by atoms with Crippen LogP contribution in [0.3, 0.4) is 0 Å². The summed E-state index contributed by atoms with van der Waals surface area (Å²) in [6.07, 6.45) is 6.11. The number of ether oxygens (including phenoxy) is 2. The van der Waals surface area contributed by atoms with Crippen molar-refractivity contribution in [2.24, 2.45) is 0 Å². The van der Waals surface area contributed by atoms with Crippen molar-refractivity contribution in [2.45, 2.75) is 64.0 Å². The van der Waals surface area contributed by atoms with Crippen LogP contribution < -0.4 is 9.47 Å². The number of carbonyl (C=O) groups is 1. The molecule has 2 heterocycles. The molecule has 0 saturated carbocycles. The molecule has 2 aliphatic rings. The summed E-state index contributed by atoms with van der Waals surface area (Å²) in [6.45, 7) is 7.38. The Hall–Kier alpha value is -2.57. The second-order valence-corrected chi connectivity index (χ2v) is 10.1. The largest absolute Gasteiger partial charge is 0.494 e. The first kappa shape index (κ1) is 25.5. The van der Waals surface area contributed by atoms with Crippen LogP contribution in [0.4, 0.5) is 0 Å². The summed E-state index contributed by atoms with van der Waals surface area (Å²) in [6, 6.07) is 16.3. The lowest BCUT2D eigenvalue weighted by atomic mass is 9.96. The summed E-state index contributed by atoms with van der Waals surface area (Å²) in [4.78, 5) is 16.3. The first-order valence-electron chi connectivity index (χ1n) is 13.1. The van der Waals surface area contributed by atoms with E-state index in [1.165, 1.54) is 11.1 Å². The summed E-state index contributed by atoms with van der Waals surface area (Å²) in [5.41, 5.74) is 1.67. The van der Waals surface area contributed by atoms with Gasteiger partial charge in [0.15, 0.2) is 0 Å². The predicted octanol–water partition coefficient (Wildman–Crippen LogP) is 4.57. The fraction of sp³-hybridized carbons (Fsp3) is 0.552. The van der Waals surface area contributed by atoms with Crippen LogP contribution in [-0.4, -0.2) is 65.8 Å². The topological polar surface area (TPSA) is 62.2 Å². The molecule has 0 aliphatic carbocycles. The van der Waals surface area contributed by atoms with Crippen LogP contribution in [-0.2, 0) is 11.3 Å². The van der Waals surface area contributed by atoms with Gasteiger partial charge in [-0.25, -0.2) is 0 Å². The molecule has 35 heavy (non-hydrogen) atoms. The van der Waals surface area contributed by atoms with E-state index in [1.807, 2.05) is 41.3 Å². The SMILES string of the molecule is Cc1ccc(OC[C@@]2(O)CCCN(Cc3ccc(OCCCN4CCCCC4=O)cc3)CC2)cc1. The van der Waals surface area contributed by atoms with Gasteiger partial charge in [0.1, 0.15) is 18.1 Å². The molecule has 0 spiro atoms. The highest BCUT2D eigenvalue weighted by atomic mass is 16.5. The van der Waals surface area contributed by atoms with Gasteiger partial charge in [0.05, 0.1) is 12.2 Å². The van der Waals surface area contributed by atoms with Crippen molar-refractivity contribution in [2.75, 3.05) is 39.4 Å². The monoisotopic (exact) mass is 480 g/mol. The molecule has 1 N–H and O–H groups in total. The van der Waals surface area contributed by atoms with Gasteiger partial charge in [0.2, 0.25) is 5.91 Å². The molecule has 0 radical (unpaired) electrons. The van der Waals surface area contributed by atoms with Gasteiger partial charge in [-0.15, -0.1) is 0 Å². The van der Waals surface area contributed by atoms with Gasteiger partial charge in [-0.05, 0) is 81.8 Å². The molecule has 6 heteroatoms. The van der Waals surface area contributed by atoms with Crippen molar-refractivity contribution < 1.29 is 19.4 Å². The Morgan fingerprint density at radius 3 is 2.40 bits per heavy atom. The molecule has 0 bridgehead atoms. The molecule has 0 aromatic heterocycles. The fourth-order valence-corrected chi connectivity index (χ4v) is 4.88. The van der Waals surface area contributed by atoms with Crippen LogP contribution in [0.1, 0.15) is 56.1 Å². The zero-order valence-electron chi connectivity index (χ0n) is 21.1. The highest BCUT2D eigenvalue weighted by molar-refractivity contribution is 5.76. The molecular weight excluding hydrogens is 440 g/mol. The van der Waals surface area contributed by atoms with E-state index in [0.29, 0.717) is 26.1 Å². The number of likely N-dealkylation sites (tertiary alicyclic amines) is 2. The molecular formula is C29H40N2O4. The van der Waals surface area contributed by atoms with Crippen molar-refractivity contribution in [3.05, 3.63) is 59.7 Å². The van der Waals surface area contributed by atoms with Gasteiger partial charge in [-0.2, -0.15) is 0 Å². The Balaban J connectivity index is 1.17. The number of piperidine rings is 1. The minimum absolute atomic E-state index is 0.284. The molecule has 1 atom stereocenters. The van der Waals surface area contributed by atoms with Crippen molar-refractivity contribution in [1.29, 1.82) is 0 Å². The Morgan fingerprint density at radius 2 is 1.63 bits per heavy atom. The Bertz CT molecular complexity index is 931. The number of carbonyl (C=O) groups excluding carboxylic acids is 1. The second-order valence-electron chi connectivity index (χ2n) is 10.1. The maximum Gasteiger partial charge on any atom is 0.222 e. The number of aliphatic hydroxyl groups is 1. The zero-order valence-corrected chi connectivity index (χ0v) is 21.1. The molecule has 2 aromatic rings. The zero-order chi connectivity index (χ0) is 24.5. The summed E-state index contributed by atoms with van der Waals surface area (Å²) >= 11 is 0.